The molecular weight excluding hydrogens is 272 g/mol. The molecule has 0 radical (unpaired) electrons. The van der Waals surface area contributed by atoms with E-state index in [2.05, 4.69) is 24.9 Å². The third kappa shape index (κ3) is 2.10. The fourth-order valence-corrected chi connectivity index (χ4v) is 3.34. The molecule has 0 saturated carbocycles. The van der Waals surface area contributed by atoms with Crippen LogP contribution >= 0.6 is 11.3 Å². The number of benzene rings is 1. The highest BCUT2D eigenvalue weighted by atomic mass is 32.1. The van der Waals surface area contributed by atoms with E-state index in [9.17, 15) is 9.90 Å². The van der Waals surface area contributed by atoms with Crippen LogP contribution in [0.4, 0.5) is 0 Å². The van der Waals surface area contributed by atoms with Crippen molar-refractivity contribution in [2.24, 2.45) is 0 Å². The number of fused-ring (bicyclic) bond motifs is 1. The number of aromatic nitrogens is 2. The lowest BCUT2D eigenvalue weighted by Crippen LogP contribution is -1.99. The van der Waals surface area contributed by atoms with Gasteiger partial charge in [0, 0.05) is 9.75 Å². The maximum Gasteiger partial charge on any atom is 0.337 e. The molecule has 3 aromatic rings. The molecule has 0 spiro atoms. The number of hydrogen-bond donors (Lipinski definition) is 1. The average molecular weight is 286 g/mol. The first-order chi connectivity index (χ1) is 9.56. The van der Waals surface area contributed by atoms with Crippen LogP contribution in [-0.2, 0) is 6.54 Å². The zero-order valence-electron chi connectivity index (χ0n) is 11.3. The first-order valence-electron chi connectivity index (χ1n) is 6.29. The van der Waals surface area contributed by atoms with Crippen LogP contribution in [0.1, 0.15) is 25.7 Å². The smallest absolute Gasteiger partial charge is 0.337 e. The largest absolute Gasteiger partial charge is 0.478 e. The summed E-state index contributed by atoms with van der Waals surface area (Å²) in [5.41, 5.74) is 2.94. The minimum Gasteiger partial charge on any atom is -0.478 e. The van der Waals surface area contributed by atoms with E-state index in [1.165, 1.54) is 15.3 Å². The van der Waals surface area contributed by atoms with Crippen LogP contribution in [-0.4, -0.2) is 20.6 Å². The van der Waals surface area contributed by atoms with Crippen molar-refractivity contribution in [3.05, 3.63) is 51.5 Å². The van der Waals surface area contributed by atoms with Crippen molar-refractivity contribution in [1.29, 1.82) is 0 Å². The summed E-state index contributed by atoms with van der Waals surface area (Å²) in [4.78, 5) is 18.0. The summed E-state index contributed by atoms with van der Waals surface area (Å²) >= 11 is 1.77. The lowest BCUT2D eigenvalue weighted by Gasteiger charge is -2.02. The summed E-state index contributed by atoms with van der Waals surface area (Å²) in [7, 11) is 0. The van der Waals surface area contributed by atoms with E-state index in [0.717, 1.165) is 12.1 Å². The van der Waals surface area contributed by atoms with Crippen molar-refractivity contribution in [2.75, 3.05) is 0 Å². The Morgan fingerprint density at radius 2 is 2.20 bits per heavy atom. The van der Waals surface area contributed by atoms with E-state index in [1.807, 2.05) is 10.6 Å². The predicted molar refractivity (Wildman–Crippen MR) is 79.6 cm³/mol. The zero-order valence-corrected chi connectivity index (χ0v) is 12.1. The van der Waals surface area contributed by atoms with E-state index < -0.39 is 5.97 Å². The van der Waals surface area contributed by atoms with Gasteiger partial charge in [-0.15, -0.1) is 11.3 Å². The molecule has 20 heavy (non-hydrogen) atoms. The molecule has 0 unspecified atom stereocenters. The second-order valence-electron chi connectivity index (χ2n) is 4.80. The van der Waals surface area contributed by atoms with E-state index in [-0.39, 0.29) is 5.56 Å². The molecule has 3 rings (SSSR count). The van der Waals surface area contributed by atoms with Crippen LogP contribution in [0.3, 0.4) is 0 Å². The molecule has 0 bridgehead atoms. The molecule has 5 heteroatoms. The van der Waals surface area contributed by atoms with Crippen molar-refractivity contribution in [1.82, 2.24) is 9.55 Å². The molecule has 0 aliphatic carbocycles. The first kappa shape index (κ1) is 12.9. The second-order valence-corrected chi connectivity index (χ2v) is 6.14. The minimum absolute atomic E-state index is 0.250. The number of aromatic carboxylic acids is 1. The first-order valence-corrected chi connectivity index (χ1v) is 7.11. The SMILES string of the molecule is Cc1cc(Cn2cnc3c(C(=O)O)cccc32)sc1C. The molecule has 4 nitrogen and oxygen atoms in total. The highest BCUT2D eigenvalue weighted by molar-refractivity contribution is 7.12. The quantitative estimate of drug-likeness (QED) is 0.802. The zero-order chi connectivity index (χ0) is 14.3. The monoisotopic (exact) mass is 286 g/mol. The van der Waals surface area contributed by atoms with Gasteiger partial charge in [0.1, 0.15) is 5.52 Å². The van der Waals surface area contributed by atoms with Gasteiger partial charge < -0.3 is 9.67 Å². The Kier molecular flexibility index (Phi) is 3.06. The third-order valence-electron chi connectivity index (χ3n) is 3.42. The molecule has 1 aromatic carbocycles. The number of aryl methyl sites for hydroxylation is 2. The Morgan fingerprint density at radius 3 is 2.85 bits per heavy atom. The Morgan fingerprint density at radius 1 is 1.40 bits per heavy atom. The minimum atomic E-state index is -0.941. The fourth-order valence-electron chi connectivity index (χ4n) is 2.28. The molecule has 2 heterocycles. The van der Waals surface area contributed by atoms with Gasteiger partial charge in [-0.3, -0.25) is 0 Å². The van der Waals surface area contributed by atoms with Crippen LogP contribution < -0.4 is 0 Å². The average Bonchev–Trinajstić information content (AvgIpc) is 2.94. The number of thiophene rings is 1. The van der Waals surface area contributed by atoms with E-state index in [0.29, 0.717) is 5.52 Å². The normalized spacial score (nSPS) is 11.1. The number of imidazole rings is 1. The molecule has 2 aromatic heterocycles. The maximum absolute atomic E-state index is 11.2. The van der Waals surface area contributed by atoms with Crippen LogP contribution in [0.5, 0.6) is 0 Å². The second kappa shape index (κ2) is 4.76. The number of para-hydroxylation sites is 1. The van der Waals surface area contributed by atoms with Crippen molar-refractivity contribution in [2.45, 2.75) is 20.4 Å². The van der Waals surface area contributed by atoms with Crippen molar-refractivity contribution in [3.63, 3.8) is 0 Å². The standard InChI is InChI=1S/C15H14N2O2S/c1-9-6-11(20-10(9)2)7-17-8-16-14-12(15(18)19)4-3-5-13(14)17/h3-6,8H,7H2,1-2H3,(H,18,19). The number of carbonyl (C=O) groups is 1. The Bertz CT molecular complexity index is 782. The number of nitrogens with zero attached hydrogens (tertiary/aromatic N) is 2. The van der Waals surface area contributed by atoms with Crippen molar-refractivity contribution in [3.8, 4) is 0 Å². The number of carboxylic acids is 1. The lowest BCUT2D eigenvalue weighted by atomic mass is 10.2. The van der Waals surface area contributed by atoms with Crippen LogP contribution in [0, 0.1) is 13.8 Å². The molecule has 0 aliphatic heterocycles. The van der Waals surface area contributed by atoms with Gasteiger partial charge in [-0.25, -0.2) is 9.78 Å². The number of carboxylic acid groups (broad SMARTS) is 1. The summed E-state index contributed by atoms with van der Waals surface area (Å²) in [5.74, 6) is -0.941. The van der Waals surface area contributed by atoms with Gasteiger partial charge in [-0.05, 0) is 37.6 Å². The Hall–Kier alpha value is -2.14. The summed E-state index contributed by atoms with van der Waals surface area (Å²) in [6.45, 7) is 4.93. The van der Waals surface area contributed by atoms with Gasteiger partial charge in [0.15, 0.2) is 0 Å². The number of rotatable bonds is 3. The van der Waals surface area contributed by atoms with Gasteiger partial charge in [-0.1, -0.05) is 6.07 Å². The van der Waals surface area contributed by atoms with Crippen LogP contribution in [0.2, 0.25) is 0 Å². The van der Waals surface area contributed by atoms with Crippen molar-refractivity contribution >= 4 is 28.3 Å². The van der Waals surface area contributed by atoms with Gasteiger partial charge in [0.25, 0.3) is 0 Å². The van der Waals surface area contributed by atoms with E-state index in [1.54, 1.807) is 29.8 Å². The molecular formula is C15H14N2O2S. The fraction of sp³-hybridized carbons (Fsp3) is 0.200. The summed E-state index contributed by atoms with van der Waals surface area (Å²) in [6.07, 6.45) is 1.71. The Balaban J connectivity index is 2.05. The Labute approximate surface area is 120 Å². The number of hydrogen-bond acceptors (Lipinski definition) is 3. The van der Waals surface area contributed by atoms with E-state index in [4.69, 9.17) is 0 Å². The molecule has 0 fully saturated rings. The molecule has 0 amide bonds. The summed E-state index contributed by atoms with van der Waals surface area (Å²) in [6, 6.07) is 7.42. The molecule has 0 saturated heterocycles. The van der Waals surface area contributed by atoms with Crippen molar-refractivity contribution < 1.29 is 9.90 Å². The lowest BCUT2D eigenvalue weighted by molar-refractivity contribution is 0.0699. The van der Waals surface area contributed by atoms with Gasteiger partial charge in [-0.2, -0.15) is 0 Å². The predicted octanol–water partition coefficient (Wildman–Crippen LogP) is 3.46. The van der Waals surface area contributed by atoms with Gasteiger partial charge in [0.05, 0.1) is 24.0 Å². The highest BCUT2D eigenvalue weighted by Crippen LogP contribution is 2.24. The topological polar surface area (TPSA) is 55.1 Å². The highest BCUT2D eigenvalue weighted by Gasteiger charge is 2.13. The molecule has 0 aliphatic rings. The molecule has 102 valence electrons. The summed E-state index contributed by atoms with van der Waals surface area (Å²) < 4.78 is 1.99. The molecule has 0 atom stereocenters. The van der Waals surface area contributed by atoms with Gasteiger partial charge in [0.2, 0.25) is 0 Å². The van der Waals surface area contributed by atoms with Crippen LogP contribution in [0.15, 0.2) is 30.6 Å². The summed E-state index contributed by atoms with van der Waals surface area (Å²) in [5, 5.41) is 9.17. The third-order valence-corrected chi connectivity index (χ3v) is 4.56. The van der Waals surface area contributed by atoms with Crippen LogP contribution in [0.25, 0.3) is 11.0 Å². The maximum atomic E-state index is 11.2. The van der Waals surface area contributed by atoms with E-state index >= 15 is 0 Å². The molecule has 1 N–H and O–H groups in total. The van der Waals surface area contributed by atoms with Gasteiger partial charge >= 0.3 is 5.97 Å².